The van der Waals surface area contributed by atoms with Gasteiger partial charge in [0.05, 0.1) is 17.2 Å². The van der Waals surface area contributed by atoms with Crippen molar-refractivity contribution in [3.05, 3.63) is 16.1 Å². The van der Waals surface area contributed by atoms with E-state index in [1.54, 1.807) is 18.4 Å². The van der Waals surface area contributed by atoms with E-state index < -0.39 is 0 Å². The van der Waals surface area contributed by atoms with E-state index >= 15 is 0 Å². The van der Waals surface area contributed by atoms with E-state index in [0.29, 0.717) is 6.54 Å². The highest BCUT2D eigenvalue weighted by molar-refractivity contribution is 7.09. The maximum absolute atomic E-state index is 5.63. The van der Waals surface area contributed by atoms with Gasteiger partial charge in [-0.2, -0.15) is 0 Å². The van der Waals surface area contributed by atoms with Crippen LogP contribution in [0.15, 0.2) is 10.4 Å². The molecule has 5 nitrogen and oxygen atoms in total. The van der Waals surface area contributed by atoms with Crippen molar-refractivity contribution in [1.29, 1.82) is 0 Å². The first-order chi connectivity index (χ1) is 11.0. The molecule has 0 aromatic carbocycles. The number of rotatable bonds is 8. The second-order valence-corrected chi connectivity index (χ2v) is 7.98. The summed E-state index contributed by atoms with van der Waals surface area (Å²) in [6, 6.07) is 0. The van der Waals surface area contributed by atoms with Crippen LogP contribution >= 0.6 is 11.3 Å². The molecule has 1 heterocycles. The quantitative estimate of drug-likeness (QED) is 0.435. The summed E-state index contributed by atoms with van der Waals surface area (Å²) < 4.78 is 5.63. The average molecular weight is 339 g/mol. The molecule has 0 amide bonds. The lowest BCUT2D eigenvalue weighted by Gasteiger charge is -2.14. The summed E-state index contributed by atoms with van der Waals surface area (Å²) >= 11 is 1.72. The number of aromatic nitrogens is 1. The van der Waals surface area contributed by atoms with E-state index in [-0.39, 0.29) is 5.41 Å². The van der Waals surface area contributed by atoms with Crippen LogP contribution in [0.4, 0.5) is 0 Å². The average Bonchev–Trinajstić information content (AvgIpc) is 3.19. The Morgan fingerprint density at radius 1 is 1.39 bits per heavy atom. The lowest BCUT2D eigenvalue weighted by atomic mass is 9.98. The SMILES string of the molecule is CN=C(NCCCOCC1CC1)NCc1csc(C(C)(C)C)n1. The maximum atomic E-state index is 5.63. The van der Waals surface area contributed by atoms with Crippen LogP contribution in [0.1, 0.15) is 50.7 Å². The number of nitrogens with zero attached hydrogens (tertiary/aromatic N) is 2. The molecule has 23 heavy (non-hydrogen) atoms. The van der Waals surface area contributed by atoms with Gasteiger partial charge < -0.3 is 15.4 Å². The van der Waals surface area contributed by atoms with Gasteiger partial charge in [-0.1, -0.05) is 20.8 Å². The molecule has 0 spiro atoms. The first kappa shape index (κ1) is 18.2. The van der Waals surface area contributed by atoms with Crippen molar-refractivity contribution < 1.29 is 4.74 Å². The van der Waals surface area contributed by atoms with Gasteiger partial charge in [-0.05, 0) is 25.2 Å². The maximum Gasteiger partial charge on any atom is 0.191 e. The molecule has 0 radical (unpaired) electrons. The molecule has 2 N–H and O–H groups in total. The number of thiazole rings is 1. The molecule has 1 aliphatic rings. The van der Waals surface area contributed by atoms with Crippen LogP contribution < -0.4 is 10.6 Å². The van der Waals surface area contributed by atoms with Gasteiger partial charge in [0, 0.05) is 37.6 Å². The third-order valence-electron chi connectivity index (χ3n) is 3.66. The number of guanidine groups is 1. The number of aliphatic imine (C=N–C) groups is 1. The molecular formula is C17H30N4OS. The fourth-order valence-corrected chi connectivity index (χ4v) is 2.95. The van der Waals surface area contributed by atoms with E-state index in [9.17, 15) is 0 Å². The van der Waals surface area contributed by atoms with Crippen LogP contribution in [0.25, 0.3) is 0 Å². The van der Waals surface area contributed by atoms with Crippen molar-refractivity contribution >= 4 is 17.3 Å². The Morgan fingerprint density at radius 3 is 2.78 bits per heavy atom. The second-order valence-electron chi connectivity index (χ2n) is 7.12. The molecule has 0 unspecified atom stereocenters. The second kappa shape index (κ2) is 8.64. The Hall–Kier alpha value is -1.14. The highest BCUT2D eigenvalue weighted by atomic mass is 32.1. The number of ether oxygens (including phenoxy) is 1. The van der Waals surface area contributed by atoms with Crippen LogP contribution in [0, 0.1) is 5.92 Å². The van der Waals surface area contributed by atoms with E-state index in [1.807, 2.05) is 0 Å². The molecule has 0 aliphatic heterocycles. The highest BCUT2D eigenvalue weighted by Crippen LogP contribution is 2.28. The minimum absolute atomic E-state index is 0.114. The molecule has 1 aliphatic carbocycles. The molecule has 0 bridgehead atoms. The number of hydrogen-bond acceptors (Lipinski definition) is 4. The van der Waals surface area contributed by atoms with Crippen molar-refractivity contribution in [1.82, 2.24) is 15.6 Å². The molecular weight excluding hydrogens is 308 g/mol. The summed E-state index contributed by atoms with van der Waals surface area (Å²) in [5, 5.41) is 9.92. The summed E-state index contributed by atoms with van der Waals surface area (Å²) in [7, 11) is 1.79. The fraction of sp³-hybridized carbons (Fsp3) is 0.765. The topological polar surface area (TPSA) is 58.5 Å². The van der Waals surface area contributed by atoms with Gasteiger partial charge >= 0.3 is 0 Å². The van der Waals surface area contributed by atoms with E-state index in [1.165, 1.54) is 17.8 Å². The summed E-state index contributed by atoms with van der Waals surface area (Å²) in [5.74, 6) is 1.66. The lowest BCUT2D eigenvalue weighted by Crippen LogP contribution is -2.37. The first-order valence-electron chi connectivity index (χ1n) is 8.46. The van der Waals surface area contributed by atoms with E-state index in [4.69, 9.17) is 4.74 Å². The molecule has 1 fully saturated rings. The van der Waals surface area contributed by atoms with Gasteiger partial charge in [0.15, 0.2) is 5.96 Å². The van der Waals surface area contributed by atoms with Gasteiger partial charge in [0.25, 0.3) is 0 Å². The largest absolute Gasteiger partial charge is 0.381 e. The van der Waals surface area contributed by atoms with Crippen molar-refractivity contribution in [2.45, 2.75) is 52.0 Å². The van der Waals surface area contributed by atoms with Crippen LogP contribution in [-0.2, 0) is 16.7 Å². The molecule has 2 rings (SSSR count). The first-order valence-corrected chi connectivity index (χ1v) is 9.34. The standard InChI is InChI=1S/C17H30N4OS/c1-17(2,3)15-21-14(12-23-15)10-20-16(18-4)19-8-5-9-22-11-13-6-7-13/h12-13H,5-11H2,1-4H3,(H2,18,19,20). The zero-order valence-corrected chi connectivity index (χ0v) is 15.6. The van der Waals surface area contributed by atoms with Crippen LogP contribution in [0.2, 0.25) is 0 Å². The summed E-state index contributed by atoms with van der Waals surface area (Å²) in [5.41, 5.74) is 1.18. The number of nitrogens with one attached hydrogen (secondary N) is 2. The van der Waals surface area contributed by atoms with Crippen LogP contribution in [0.3, 0.4) is 0 Å². The monoisotopic (exact) mass is 338 g/mol. The molecule has 1 aromatic rings. The van der Waals surface area contributed by atoms with Crippen molar-refractivity contribution in [2.75, 3.05) is 26.8 Å². The Labute approximate surface area is 144 Å². The van der Waals surface area contributed by atoms with Gasteiger partial charge in [-0.25, -0.2) is 4.98 Å². The van der Waals surface area contributed by atoms with Gasteiger partial charge in [-0.3, -0.25) is 4.99 Å². The molecule has 6 heteroatoms. The Balaban J connectivity index is 1.61. The lowest BCUT2D eigenvalue weighted by molar-refractivity contribution is 0.123. The summed E-state index contributed by atoms with van der Waals surface area (Å²) in [4.78, 5) is 8.93. The predicted octanol–water partition coefficient (Wildman–Crippen LogP) is 2.92. The zero-order valence-electron chi connectivity index (χ0n) is 14.8. The molecule has 0 atom stereocenters. The zero-order chi connectivity index (χ0) is 16.7. The third kappa shape index (κ3) is 6.87. The van der Waals surface area contributed by atoms with Gasteiger partial charge in [-0.15, -0.1) is 11.3 Å². The molecule has 1 aromatic heterocycles. The van der Waals surface area contributed by atoms with Crippen LogP contribution in [0.5, 0.6) is 0 Å². The summed E-state index contributed by atoms with van der Waals surface area (Å²) in [6.07, 6.45) is 3.70. The van der Waals surface area contributed by atoms with Crippen molar-refractivity contribution in [2.24, 2.45) is 10.9 Å². The van der Waals surface area contributed by atoms with Crippen LogP contribution in [-0.4, -0.2) is 37.7 Å². The fourth-order valence-electron chi connectivity index (χ4n) is 2.04. The Morgan fingerprint density at radius 2 is 2.17 bits per heavy atom. The smallest absolute Gasteiger partial charge is 0.191 e. The van der Waals surface area contributed by atoms with Gasteiger partial charge in [0.2, 0.25) is 0 Å². The number of hydrogen-bond donors (Lipinski definition) is 2. The highest BCUT2D eigenvalue weighted by Gasteiger charge is 2.20. The van der Waals surface area contributed by atoms with Crippen molar-refractivity contribution in [3.8, 4) is 0 Å². The Bertz CT molecular complexity index is 503. The van der Waals surface area contributed by atoms with E-state index in [2.05, 4.69) is 46.8 Å². The minimum Gasteiger partial charge on any atom is -0.381 e. The summed E-state index contributed by atoms with van der Waals surface area (Å²) in [6.45, 7) is 9.89. The Kier molecular flexibility index (Phi) is 6.84. The van der Waals surface area contributed by atoms with E-state index in [0.717, 1.165) is 43.8 Å². The predicted molar refractivity (Wildman–Crippen MR) is 97.2 cm³/mol. The normalized spacial score (nSPS) is 15.7. The van der Waals surface area contributed by atoms with Crippen molar-refractivity contribution in [3.63, 3.8) is 0 Å². The third-order valence-corrected chi connectivity index (χ3v) is 4.98. The molecule has 0 saturated heterocycles. The van der Waals surface area contributed by atoms with Gasteiger partial charge in [0.1, 0.15) is 0 Å². The molecule has 1 saturated carbocycles. The molecule has 130 valence electrons. The minimum atomic E-state index is 0.114.